The molecule has 1 unspecified atom stereocenters. The maximum atomic E-state index is 14.3. The van der Waals surface area contributed by atoms with Crippen molar-refractivity contribution < 1.29 is 43.8 Å². The Labute approximate surface area is 239 Å². The lowest BCUT2D eigenvalue weighted by Gasteiger charge is -2.53. The zero-order valence-electron chi connectivity index (χ0n) is 24.2. The van der Waals surface area contributed by atoms with Gasteiger partial charge in [0.15, 0.2) is 0 Å². The summed E-state index contributed by atoms with van der Waals surface area (Å²) in [6.45, 7) is 16.0. The van der Waals surface area contributed by atoms with Crippen LogP contribution in [-0.4, -0.2) is 58.3 Å². The van der Waals surface area contributed by atoms with Crippen LogP contribution in [0.2, 0.25) is 0 Å². The van der Waals surface area contributed by atoms with Crippen molar-refractivity contribution >= 4 is 17.9 Å². The molecule has 2 spiro atoms. The van der Waals surface area contributed by atoms with Gasteiger partial charge in [0.2, 0.25) is 0 Å². The van der Waals surface area contributed by atoms with Crippen LogP contribution in [-0.2, 0) is 33.5 Å². The van der Waals surface area contributed by atoms with Gasteiger partial charge in [-0.3, -0.25) is 14.8 Å². The first-order valence-electron chi connectivity index (χ1n) is 15.0. The molecule has 41 heavy (non-hydrogen) atoms. The third-order valence-corrected chi connectivity index (χ3v) is 12.9. The van der Waals surface area contributed by atoms with Crippen LogP contribution >= 0.6 is 0 Å². The van der Waals surface area contributed by atoms with Crippen LogP contribution in [0.5, 0.6) is 0 Å². The second kappa shape index (κ2) is 8.32. The van der Waals surface area contributed by atoms with Crippen LogP contribution in [0.3, 0.4) is 0 Å². The van der Waals surface area contributed by atoms with Gasteiger partial charge in [0.05, 0.1) is 11.5 Å². The molecule has 7 aliphatic rings. The number of aliphatic hydroxyl groups is 1. The summed E-state index contributed by atoms with van der Waals surface area (Å²) in [6.07, 6.45) is 2.91. The summed E-state index contributed by atoms with van der Waals surface area (Å²) in [4.78, 5) is 44.9. The summed E-state index contributed by atoms with van der Waals surface area (Å²) in [5.41, 5.74) is -2.02. The van der Waals surface area contributed by atoms with E-state index < -0.39 is 70.0 Å². The van der Waals surface area contributed by atoms with Gasteiger partial charge < -0.3 is 19.3 Å². The van der Waals surface area contributed by atoms with E-state index in [0.717, 1.165) is 12.0 Å². The monoisotopic (exact) mass is 568 g/mol. The molecule has 0 aromatic heterocycles. The summed E-state index contributed by atoms with van der Waals surface area (Å²) in [7, 11) is 0. The summed E-state index contributed by atoms with van der Waals surface area (Å²) in [5.74, 6) is -2.75. The fraction of sp³-hybridized carbons (Fsp3) is 0.719. The molecular formula is C32H40O9. The SMILES string of the molecule is C=C1C(=O)O[C@@H]2C[C@@H](C)[C@]34C[C@]5(C(=O)O[C@H]6C[C@@]7(C)C(=C[C@H]65)[C@H](C)CC[C@@H]7O)[C@@H](C(=C)[C@]3(OO)C[C@@H]12)C4OC(C)=O. The molecule has 0 aromatic carbocycles. The number of carbonyl (C=O) groups excluding carboxylic acids is 3. The maximum absolute atomic E-state index is 14.3. The smallest absolute Gasteiger partial charge is 0.334 e. The molecule has 2 N–H and O–H groups in total. The van der Waals surface area contributed by atoms with Crippen molar-refractivity contribution in [1.29, 1.82) is 0 Å². The second-order valence-corrected chi connectivity index (χ2v) is 14.3. The van der Waals surface area contributed by atoms with Crippen molar-refractivity contribution in [2.24, 2.45) is 45.8 Å². The maximum Gasteiger partial charge on any atom is 0.334 e. The number of fused-ring (bicyclic) bond motifs is 6. The van der Waals surface area contributed by atoms with Crippen molar-refractivity contribution in [3.05, 3.63) is 36.0 Å². The van der Waals surface area contributed by atoms with Crippen molar-refractivity contribution in [3.63, 3.8) is 0 Å². The molecule has 0 radical (unpaired) electrons. The second-order valence-electron chi connectivity index (χ2n) is 14.3. The van der Waals surface area contributed by atoms with Crippen LogP contribution in [0.1, 0.15) is 66.2 Å². The molecule has 7 rings (SSSR count). The zero-order valence-corrected chi connectivity index (χ0v) is 24.2. The van der Waals surface area contributed by atoms with Crippen LogP contribution < -0.4 is 0 Å². The average molecular weight is 569 g/mol. The predicted octanol–water partition coefficient (Wildman–Crippen LogP) is 3.91. The average Bonchev–Trinajstić information content (AvgIpc) is 3.48. The number of hydrogen-bond acceptors (Lipinski definition) is 9. The molecule has 222 valence electrons. The normalized spacial score (nSPS) is 53.1. The first-order chi connectivity index (χ1) is 19.3. The van der Waals surface area contributed by atoms with Gasteiger partial charge >= 0.3 is 17.9 Å². The minimum absolute atomic E-state index is 0.178. The molecular weight excluding hydrogens is 528 g/mol. The third-order valence-electron chi connectivity index (χ3n) is 12.9. The Balaban J connectivity index is 1.41. The van der Waals surface area contributed by atoms with E-state index in [1.807, 2.05) is 6.92 Å². The molecule has 0 amide bonds. The summed E-state index contributed by atoms with van der Waals surface area (Å²) in [6, 6.07) is 0. The highest BCUT2D eigenvalue weighted by molar-refractivity contribution is 5.91. The molecule has 5 aliphatic carbocycles. The predicted molar refractivity (Wildman–Crippen MR) is 144 cm³/mol. The Morgan fingerprint density at radius 1 is 1.12 bits per heavy atom. The van der Waals surface area contributed by atoms with Gasteiger partial charge in [0, 0.05) is 41.1 Å². The van der Waals surface area contributed by atoms with E-state index in [1.54, 1.807) is 0 Å². The molecule has 9 nitrogen and oxygen atoms in total. The van der Waals surface area contributed by atoms with E-state index in [1.165, 1.54) is 6.92 Å². The third kappa shape index (κ3) is 2.96. The van der Waals surface area contributed by atoms with Gasteiger partial charge in [-0.15, -0.1) is 0 Å². The molecule has 9 heteroatoms. The molecule has 13 atom stereocenters. The van der Waals surface area contributed by atoms with Gasteiger partial charge in [-0.1, -0.05) is 45.6 Å². The van der Waals surface area contributed by atoms with Gasteiger partial charge in [-0.25, -0.2) is 9.68 Å². The van der Waals surface area contributed by atoms with Gasteiger partial charge in [-0.05, 0) is 55.9 Å². The highest BCUT2D eigenvalue weighted by Gasteiger charge is 2.86. The van der Waals surface area contributed by atoms with E-state index in [0.29, 0.717) is 30.4 Å². The number of carbonyl (C=O) groups is 3. The number of hydrogen-bond donors (Lipinski definition) is 2. The van der Waals surface area contributed by atoms with Crippen molar-refractivity contribution in [2.75, 3.05) is 0 Å². The van der Waals surface area contributed by atoms with Gasteiger partial charge in [-0.2, -0.15) is 0 Å². The lowest BCUT2D eigenvalue weighted by molar-refractivity contribution is -0.352. The van der Waals surface area contributed by atoms with E-state index >= 15 is 0 Å². The zero-order chi connectivity index (χ0) is 29.4. The van der Waals surface area contributed by atoms with Crippen molar-refractivity contribution in [1.82, 2.24) is 0 Å². The lowest BCUT2D eigenvalue weighted by atomic mass is 9.50. The van der Waals surface area contributed by atoms with E-state index in [2.05, 4.69) is 33.1 Å². The standard InChI is InChI=1S/C32H40O9/c1-14-7-8-24(34)29(6)12-23-21(10-20(14)29)30(28(36)40-23)13-31-15(2)9-22-19(16(3)27(35)39-22)11-32(31,41-37)17(4)25(30)26(31)38-18(5)33/h10,14-15,19,21-26,34,37H,3-4,7-9,11-13H2,1-2,5-6H3/t14-,15-,19+,21-,22-,23+,24+,25+,26?,29+,30-,31+,32-/m1/s1. The van der Waals surface area contributed by atoms with E-state index in [9.17, 15) is 24.7 Å². The van der Waals surface area contributed by atoms with Crippen LogP contribution in [0, 0.1) is 45.8 Å². The molecule has 4 saturated carbocycles. The fourth-order valence-electron chi connectivity index (χ4n) is 11.0. The molecule has 2 saturated heterocycles. The first kappa shape index (κ1) is 27.3. The van der Waals surface area contributed by atoms with Crippen molar-refractivity contribution in [3.8, 4) is 0 Å². The number of ether oxygens (including phenoxy) is 3. The topological polar surface area (TPSA) is 129 Å². The minimum Gasteiger partial charge on any atom is -0.461 e. The Kier molecular flexibility index (Phi) is 5.55. The Hall–Kier alpha value is -2.49. The largest absolute Gasteiger partial charge is 0.461 e. The minimum atomic E-state index is -1.39. The summed E-state index contributed by atoms with van der Waals surface area (Å²) < 4.78 is 18.1. The molecule has 2 bridgehead atoms. The Morgan fingerprint density at radius 2 is 1.85 bits per heavy atom. The summed E-state index contributed by atoms with van der Waals surface area (Å²) in [5, 5.41) is 21.9. The molecule has 6 fully saturated rings. The van der Waals surface area contributed by atoms with Gasteiger partial charge in [0.1, 0.15) is 23.9 Å². The van der Waals surface area contributed by atoms with E-state index in [4.69, 9.17) is 19.1 Å². The van der Waals surface area contributed by atoms with Crippen LogP contribution in [0.15, 0.2) is 36.0 Å². The lowest BCUT2D eigenvalue weighted by Crippen LogP contribution is -2.58. The van der Waals surface area contributed by atoms with Crippen LogP contribution in [0.25, 0.3) is 0 Å². The number of rotatable bonds is 2. The van der Waals surface area contributed by atoms with Gasteiger partial charge in [0.25, 0.3) is 0 Å². The fourth-order valence-corrected chi connectivity index (χ4v) is 11.0. The Morgan fingerprint density at radius 3 is 2.54 bits per heavy atom. The molecule has 0 aromatic rings. The van der Waals surface area contributed by atoms with Crippen molar-refractivity contribution in [2.45, 2.75) is 96.2 Å². The molecule has 2 heterocycles. The highest BCUT2D eigenvalue weighted by Crippen LogP contribution is 2.79. The van der Waals surface area contributed by atoms with Crippen LogP contribution in [0.4, 0.5) is 0 Å². The number of esters is 3. The van der Waals surface area contributed by atoms with E-state index in [-0.39, 0.29) is 36.6 Å². The quantitative estimate of drug-likeness (QED) is 0.127. The number of aliphatic hydroxyl groups excluding tert-OH is 1. The summed E-state index contributed by atoms with van der Waals surface area (Å²) >= 11 is 0. The molecule has 2 aliphatic heterocycles. The Bertz CT molecular complexity index is 1320. The highest BCUT2D eigenvalue weighted by atomic mass is 17.1. The first-order valence-corrected chi connectivity index (χ1v) is 15.0.